The molecule has 1 rings (SSSR count). The maximum absolute atomic E-state index is 5.91. The van der Waals surface area contributed by atoms with Gasteiger partial charge in [-0.1, -0.05) is 22.9 Å². The number of rotatable bonds is 9. The fourth-order valence-electron chi connectivity index (χ4n) is 1.91. The van der Waals surface area contributed by atoms with Gasteiger partial charge in [-0.2, -0.15) is 0 Å². The van der Waals surface area contributed by atoms with Crippen LogP contribution in [-0.4, -0.2) is 26.9 Å². The molecule has 0 heterocycles. The molecule has 0 radical (unpaired) electrons. The molecule has 4 heteroatoms. The van der Waals surface area contributed by atoms with Gasteiger partial charge in [0.25, 0.3) is 0 Å². The Balaban J connectivity index is 2.69. The summed E-state index contributed by atoms with van der Waals surface area (Å²) in [6.45, 7) is 7.54. The van der Waals surface area contributed by atoms with E-state index in [9.17, 15) is 0 Å². The van der Waals surface area contributed by atoms with Crippen LogP contribution in [0.2, 0.25) is 0 Å². The first-order chi connectivity index (χ1) is 9.19. The molecule has 3 nitrogen and oxygen atoms in total. The second-order valence-electron chi connectivity index (χ2n) is 4.58. The molecule has 1 aromatic carbocycles. The van der Waals surface area contributed by atoms with Gasteiger partial charge < -0.3 is 14.8 Å². The highest BCUT2D eigenvalue weighted by molar-refractivity contribution is 9.10. The molecule has 0 aliphatic heterocycles. The zero-order valence-electron chi connectivity index (χ0n) is 12.1. The summed E-state index contributed by atoms with van der Waals surface area (Å²) in [4.78, 5) is 0. The number of ether oxygens (including phenoxy) is 2. The van der Waals surface area contributed by atoms with Gasteiger partial charge in [0.1, 0.15) is 5.75 Å². The van der Waals surface area contributed by atoms with Crippen molar-refractivity contribution < 1.29 is 9.47 Å². The first-order valence-corrected chi connectivity index (χ1v) is 7.59. The minimum atomic E-state index is 0.692. The van der Waals surface area contributed by atoms with Gasteiger partial charge in [0.15, 0.2) is 0 Å². The summed E-state index contributed by atoms with van der Waals surface area (Å²) in [6.07, 6.45) is 2.05. The average molecular weight is 330 g/mol. The number of benzene rings is 1. The van der Waals surface area contributed by atoms with E-state index in [0.717, 1.165) is 42.8 Å². The van der Waals surface area contributed by atoms with Crippen molar-refractivity contribution in [3.05, 3.63) is 27.7 Å². The highest BCUT2D eigenvalue weighted by Crippen LogP contribution is 2.28. The normalized spacial score (nSPS) is 10.7. The van der Waals surface area contributed by atoms with Crippen molar-refractivity contribution in [2.75, 3.05) is 26.9 Å². The molecule has 0 fully saturated rings. The van der Waals surface area contributed by atoms with Crippen LogP contribution in [0.4, 0.5) is 0 Å². The van der Waals surface area contributed by atoms with E-state index in [1.165, 1.54) is 11.1 Å². The van der Waals surface area contributed by atoms with Crippen LogP contribution in [0.15, 0.2) is 16.6 Å². The number of halogens is 1. The molecule has 108 valence electrons. The average Bonchev–Trinajstić information content (AvgIpc) is 2.37. The first-order valence-electron chi connectivity index (χ1n) is 6.80. The van der Waals surface area contributed by atoms with Crippen molar-refractivity contribution in [1.29, 1.82) is 0 Å². The Hall–Kier alpha value is -0.580. The van der Waals surface area contributed by atoms with E-state index in [1.807, 2.05) is 0 Å². The Morgan fingerprint density at radius 2 is 2.05 bits per heavy atom. The molecule has 1 aromatic rings. The SMILES string of the molecule is CCCNCc1cc(Br)cc(C)c1OCCCOC. The third-order valence-electron chi connectivity index (χ3n) is 2.80. The molecule has 1 N–H and O–H groups in total. The van der Waals surface area contributed by atoms with E-state index in [0.29, 0.717) is 6.61 Å². The van der Waals surface area contributed by atoms with Crippen LogP contribution in [0.3, 0.4) is 0 Å². The van der Waals surface area contributed by atoms with Gasteiger partial charge >= 0.3 is 0 Å². The van der Waals surface area contributed by atoms with Crippen molar-refractivity contribution in [3.8, 4) is 5.75 Å². The Labute approximate surface area is 124 Å². The quantitative estimate of drug-likeness (QED) is 0.701. The minimum absolute atomic E-state index is 0.692. The summed E-state index contributed by atoms with van der Waals surface area (Å²) in [6, 6.07) is 4.22. The molecule has 0 aliphatic rings. The third kappa shape index (κ3) is 5.93. The molecule has 0 amide bonds. The summed E-state index contributed by atoms with van der Waals surface area (Å²) in [7, 11) is 1.71. The fraction of sp³-hybridized carbons (Fsp3) is 0.600. The molecule has 19 heavy (non-hydrogen) atoms. The van der Waals surface area contributed by atoms with Crippen molar-refractivity contribution in [2.45, 2.75) is 33.2 Å². The predicted molar refractivity (Wildman–Crippen MR) is 82.9 cm³/mol. The second-order valence-corrected chi connectivity index (χ2v) is 5.50. The van der Waals surface area contributed by atoms with Gasteiger partial charge in [-0.15, -0.1) is 0 Å². The smallest absolute Gasteiger partial charge is 0.126 e. The Morgan fingerprint density at radius 3 is 2.74 bits per heavy atom. The summed E-state index contributed by atoms with van der Waals surface area (Å²) in [5, 5.41) is 3.42. The monoisotopic (exact) mass is 329 g/mol. The topological polar surface area (TPSA) is 30.5 Å². The zero-order valence-corrected chi connectivity index (χ0v) is 13.7. The van der Waals surface area contributed by atoms with Crippen LogP contribution in [0.5, 0.6) is 5.75 Å². The van der Waals surface area contributed by atoms with Gasteiger partial charge in [0, 0.05) is 36.7 Å². The van der Waals surface area contributed by atoms with Crippen LogP contribution in [0.25, 0.3) is 0 Å². The predicted octanol–water partition coefficient (Wildman–Crippen LogP) is 3.67. The van der Waals surface area contributed by atoms with E-state index >= 15 is 0 Å². The Morgan fingerprint density at radius 1 is 1.26 bits per heavy atom. The van der Waals surface area contributed by atoms with Crippen LogP contribution in [0, 0.1) is 6.92 Å². The molecule has 0 saturated carbocycles. The maximum Gasteiger partial charge on any atom is 0.126 e. The lowest BCUT2D eigenvalue weighted by Gasteiger charge is -2.15. The molecule has 0 aromatic heterocycles. The van der Waals surface area contributed by atoms with E-state index in [4.69, 9.17) is 9.47 Å². The summed E-state index contributed by atoms with van der Waals surface area (Å²) < 4.78 is 12.1. The second kappa shape index (κ2) is 9.34. The van der Waals surface area contributed by atoms with Crippen molar-refractivity contribution in [1.82, 2.24) is 5.32 Å². The zero-order chi connectivity index (χ0) is 14.1. The lowest BCUT2D eigenvalue weighted by Crippen LogP contribution is -2.15. The molecular formula is C15H24BrNO2. The molecule has 0 atom stereocenters. The van der Waals surface area contributed by atoms with E-state index in [2.05, 4.69) is 47.2 Å². The Bertz CT molecular complexity index is 383. The highest BCUT2D eigenvalue weighted by Gasteiger charge is 2.08. The summed E-state index contributed by atoms with van der Waals surface area (Å²) in [5.74, 6) is 1.00. The number of aryl methyl sites for hydroxylation is 1. The molecule has 0 aliphatic carbocycles. The lowest BCUT2D eigenvalue weighted by molar-refractivity contribution is 0.171. The molecule has 0 bridgehead atoms. The number of methoxy groups -OCH3 is 1. The summed E-state index contributed by atoms with van der Waals surface area (Å²) >= 11 is 3.55. The van der Waals surface area contributed by atoms with Gasteiger partial charge in [-0.3, -0.25) is 0 Å². The van der Waals surface area contributed by atoms with E-state index < -0.39 is 0 Å². The highest BCUT2D eigenvalue weighted by atomic mass is 79.9. The third-order valence-corrected chi connectivity index (χ3v) is 3.26. The standard InChI is InChI=1S/C15H24BrNO2/c1-4-6-17-11-13-10-14(16)9-12(2)15(13)19-8-5-7-18-3/h9-10,17H,4-8,11H2,1-3H3. The van der Waals surface area contributed by atoms with E-state index in [-0.39, 0.29) is 0 Å². The summed E-state index contributed by atoms with van der Waals surface area (Å²) in [5.41, 5.74) is 2.37. The van der Waals surface area contributed by atoms with Crippen molar-refractivity contribution >= 4 is 15.9 Å². The van der Waals surface area contributed by atoms with Crippen LogP contribution < -0.4 is 10.1 Å². The molecule has 0 saturated heterocycles. The maximum atomic E-state index is 5.91. The largest absolute Gasteiger partial charge is 0.493 e. The van der Waals surface area contributed by atoms with Gasteiger partial charge in [0.05, 0.1) is 6.61 Å². The Kier molecular flexibility index (Phi) is 8.10. The number of hydrogen-bond acceptors (Lipinski definition) is 3. The van der Waals surface area contributed by atoms with Crippen molar-refractivity contribution in [3.63, 3.8) is 0 Å². The van der Waals surface area contributed by atoms with Gasteiger partial charge in [-0.05, 0) is 37.6 Å². The molecular weight excluding hydrogens is 306 g/mol. The number of hydrogen-bond donors (Lipinski definition) is 1. The van der Waals surface area contributed by atoms with Gasteiger partial charge in [-0.25, -0.2) is 0 Å². The van der Waals surface area contributed by atoms with Gasteiger partial charge in [0.2, 0.25) is 0 Å². The lowest BCUT2D eigenvalue weighted by atomic mass is 10.1. The van der Waals surface area contributed by atoms with E-state index in [1.54, 1.807) is 7.11 Å². The molecule has 0 spiro atoms. The fourth-order valence-corrected chi connectivity index (χ4v) is 2.53. The van der Waals surface area contributed by atoms with Crippen LogP contribution in [0.1, 0.15) is 30.9 Å². The van der Waals surface area contributed by atoms with Crippen LogP contribution >= 0.6 is 15.9 Å². The first kappa shape index (κ1) is 16.5. The number of nitrogens with one attached hydrogen (secondary N) is 1. The van der Waals surface area contributed by atoms with Crippen molar-refractivity contribution in [2.24, 2.45) is 0 Å². The van der Waals surface area contributed by atoms with Crippen LogP contribution in [-0.2, 0) is 11.3 Å². The molecule has 0 unspecified atom stereocenters. The minimum Gasteiger partial charge on any atom is -0.493 e.